The van der Waals surface area contributed by atoms with E-state index in [1.54, 1.807) is 12.1 Å². The summed E-state index contributed by atoms with van der Waals surface area (Å²) in [5.74, 6) is 0.564. The summed E-state index contributed by atoms with van der Waals surface area (Å²) in [5, 5.41) is 9.96. The summed E-state index contributed by atoms with van der Waals surface area (Å²) >= 11 is 0. The third kappa shape index (κ3) is 2.23. The lowest BCUT2D eigenvalue weighted by Gasteiger charge is -2.03. The quantitative estimate of drug-likeness (QED) is 0.390. The first kappa shape index (κ1) is 8.52. The van der Waals surface area contributed by atoms with E-state index in [0.717, 1.165) is 5.56 Å². The van der Waals surface area contributed by atoms with Crippen LogP contribution in [0.25, 0.3) is 0 Å². The SMILES string of the molecule is Cc1ccccc1OC[N+](=O)[O-]. The van der Waals surface area contributed by atoms with Crippen LogP contribution in [0.1, 0.15) is 5.56 Å². The summed E-state index contributed by atoms with van der Waals surface area (Å²) in [6.07, 6.45) is 0. The summed E-state index contributed by atoms with van der Waals surface area (Å²) in [4.78, 5) is 9.46. The molecule has 0 aromatic heterocycles. The Kier molecular flexibility index (Phi) is 2.63. The summed E-state index contributed by atoms with van der Waals surface area (Å²) in [7, 11) is 0. The molecule has 0 saturated heterocycles. The second-order valence-corrected chi connectivity index (χ2v) is 2.37. The molecule has 0 saturated carbocycles. The highest BCUT2D eigenvalue weighted by molar-refractivity contribution is 5.31. The van der Waals surface area contributed by atoms with Crippen LogP contribution < -0.4 is 4.74 Å². The maximum Gasteiger partial charge on any atom is 0.344 e. The molecule has 0 atom stereocenters. The van der Waals surface area contributed by atoms with Gasteiger partial charge in [0.2, 0.25) is 0 Å². The molecule has 64 valence electrons. The highest BCUT2D eigenvalue weighted by Crippen LogP contribution is 2.15. The van der Waals surface area contributed by atoms with Gasteiger partial charge in [-0.3, -0.25) is 10.1 Å². The van der Waals surface area contributed by atoms with Crippen LogP contribution in [0.5, 0.6) is 5.75 Å². The van der Waals surface area contributed by atoms with Crippen molar-refractivity contribution in [3.63, 3.8) is 0 Å². The van der Waals surface area contributed by atoms with Crippen molar-refractivity contribution in [3.8, 4) is 5.75 Å². The summed E-state index contributed by atoms with van der Waals surface area (Å²) < 4.78 is 4.90. The minimum atomic E-state index is -0.508. The minimum Gasteiger partial charge on any atom is -0.432 e. The van der Waals surface area contributed by atoms with Gasteiger partial charge in [0.15, 0.2) is 0 Å². The van der Waals surface area contributed by atoms with Gasteiger partial charge in [-0.2, -0.15) is 0 Å². The van der Waals surface area contributed by atoms with Crippen LogP contribution in [-0.2, 0) is 0 Å². The highest BCUT2D eigenvalue weighted by Gasteiger charge is 2.00. The molecule has 0 aliphatic carbocycles. The Balaban J connectivity index is 2.63. The lowest BCUT2D eigenvalue weighted by molar-refractivity contribution is -0.514. The molecule has 0 unspecified atom stereocenters. The molecule has 0 bridgehead atoms. The molecular weight excluding hydrogens is 158 g/mol. The Hall–Kier alpha value is -1.58. The Labute approximate surface area is 69.9 Å². The second-order valence-electron chi connectivity index (χ2n) is 2.37. The largest absolute Gasteiger partial charge is 0.432 e. The van der Waals surface area contributed by atoms with Crippen LogP contribution in [0.4, 0.5) is 0 Å². The number of hydrogen-bond donors (Lipinski definition) is 0. The standard InChI is InChI=1S/C8H9NO3/c1-7-4-2-3-5-8(7)12-6-9(10)11/h2-5H,6H2,1H3. The van der Waals surface area contributed by atoms with E-state index in [-0.39, 0.29) is 0 Å². The average molecular weight is 167 g/mol. The first-order valence-electron chi connectivity index (χ1n) is 3.50. The van der Waals surface area contributed by atoms with Crippen molar-refractivity contribution >= 4 is 0 Å². The first-order chi connectivity index (χ1) is 5.70. The van der Waals surface area contributed by atoms with Gasteiger partial charge in [0.25, 0.3) is 0 Å². The Morgan fingerprint density at radius 1 is 1.50 bits per heavy atom. The molecule has 0 fully saturated rings. The fraction of sp³-hybridized carbons (Fsp3) is 0.250. The number of benzene rings is 1. The van der Waals surface area contributed by atoms with Crippen molar-refractivity contribution in [2.24, 2.45) is 0 Å². The number of ether oxygens (including phenoxy) is 1. The monoisotopic (exact) mass is 167 g/mol. The third-order valence-corrected chi connectivity index (χ3v) is 1.42. The van der Waals surface area contributed by atoms with E-state index < -0.39 is 11.7 Å². The van der Waals surface area contributed by atoms with Crippen molar-refractivity contribution in [2.75, 3.05) is 6.73 Å². The summed E-state index contributed by atoms with van der Waals surface area (Å²) in [6, 6.07) is 7.19. The maximum atomic E-state index is 9.96. The van der Waals surface area contributed by atoms with Gasteiger partial charge in [0.1, 0.15) is 5.75 Å². The second kappa shape index (κ2) is 3.71. The van der Waals surface area contributed by atoms with Gasteiger partial charge in [-0.05, 0) is 18.6 Å². The molecule has 0 heterocycles. The van der Waals surface area contributed by atoms with Crippen LogP contribution in [0, 0.1) is 17.0 Å². The Morgan fingerprint density at radius 3 is 2.75 bits per heavy atom. The normalized spacial score (nSPS) is 9.42. The molecule has 0 aliphatic heterocycles. The van der Waals surface area contributed by atoms with Crippen LogP contribution >= 0.6 is 0 Å². The number of nitrogens with zero attached hydrogens (tertiary/aromatic N) is 1. The Bertz CT molecular complexity index is 285. The van der Waals surface area contributed by atoms with Crippen molar-refractivity contribution in [1.29, 1.82) is 0 Å². The van der Waals surface area contributed by atoms with Crippen molar-refractivity contribution in [2.45, 2.75) is 6.92 Å². The predicted octanol–water partition coefficient (Wildman–Crippen LogP) is 1.61. The van der Waals surface area contributed by atoms with Gasteiger partial charge < -0.3 is 4.74 Å². The molecular formula is C8H9NO3. The molecule has 4 heteroatoms. The van der Waals surface area contributed by atoms with E-state index >= 15 is 0 Å². The molecule has 12 heavy (non-hydrogen) atoms. The van der Waals surface area contributed by atoms with E-state index in [0.29, 0.717) is 5.75 Å². The molecule has 0 amide bonds. The van der Waals surface area contributed by atoms with E-state index in [4.69, 9.17) is 4.74 Å². The van der Waals surface area contributed by atoms with E-state index in [9.17, 15) is 10.1 Å². The molecule has 1 aromatic rings. The van der Waals surface area contributed by atoms with Gasteiger partial charge in [-0.1, -0.05) is 18.2 Å². The molecule has 0 spiro atoms. The topological polar surface area (TPSA) is 52.4 Å². The number of para-hydroxylation sites is 1. The molecule has 1 aromatic carbocycles. The molecule has 0 radical (unpaired) electrons. The lowest BCUT2D eigenvalue weighted by atomic mass is 10.2. The van der Waals surface area contributed by atoms with Crippen LogP contribution in [0.2, 0.25) is 0 Å². The van der Waals surface area contributed by atoms with Gasteiger partial charge >= 0.3 is 6.73 Å². The van der Waals surface area contributed by atoms with Gasteiger partial charge in [-0.25, -0.2) is 0 Å². The molecule has 0 aliphatic rings. The van der Waals surface area contributed by atoms with Crippen LogP contribution in [0.3, 0.4) is 0 Å². The smallest absolute Gasteiger partial charge is 0.344 e. The fourth-order valence-corrected chi connectivity index (χ4v) is 0.841. The van der Waals surface area contributed by atoms with Crippen molar-refractivity contribution in [1.82, 2.24) is 0 Å². The zero-order valence-corrected chi connectivity index (χ0v) is 6.69. The third-order valence-electron chi connectivity index (χ3n) is 1.42. The lowest BCUT2D eigenvalue weighted by Crippen LogP contribution is -2.08. The van der Waals surface area contributed by atoms with Crippen LogP contribution in [-0.4, -0.2) is 11.7 Å². The number of nitro groups is 1. The van der Waals surface area contributed by atoms with Gasteiger partial charge in [0.05, 0.1) is 4.92 Å². The molecule has 1 rings (SSSR count). The average Bonchev–Trinajstić information content (AvgIpc) is 2.03. The molecule has 4 nitrogen and oxygen atoms in total. The van der Waals surface area contributed by atoms with Crippen LogP contribution in [0.15, 0.2) is 24.3 Å². The number of hydrogen-bond acceptors (Lipinski definition) is 3. The maximum absolute atomic E-state index is 9.96. The van der Waals surface area contributed by atoms with Crippen molar-refractivity contribution in [3.05, 3.63) is 39.9 Å². The Morgan fingerprint density at radius 2 is 2.17 bits per heavy atom. The predicted molar refractivity (Wildman–Crippen MR) is 43.7 cm³/mol. The van der Waals surface area contributed by atoms with E-state index in [1.165, 1.54) is 0 Å². The summed E-state index contributed by atoms with van der Waals surface area (Å²) in [6.45, 7) is 1.36. The highest BCUT2D eigenvalue weighted by atomic mass is 16.7. The first-order valence-corrected chi connectivity index (χ1v) is 3.50. The summed E-state index contributed by atoms with van der Waals surface area (Å²) in [5.41, 5.74) is 0.902. The van der Waals surface area contributed by atoms with E-state index in [1.807, 2.05) is 19.1 Å². The molecule has 0 N–H and O–H groups in total. The van der Waals surface area contributed by atoms with Gasteiger partial charge in [0, 0.05) is 0 Å². The minimum absolute atomic E-state index is 0.481. The number of aryl methyl sites for hydroxylation is 1. The zero-order chi connectivity index (χ0) is 8.97. The number of rotatable bonds is 3. The van der Waals surface area contributed by atoms with Gasteiger partial charge in [-0.15, -0.1) is 0 Å². The zero-order valence-electron chi connectivity index (χ0n) is 6.69. The van der Waals surface area contributed by atoms with Crippen molar-refractivity contribution < 1.29 is 9.66 Å². The van der Waals surface area contributed by atoms with E-state index in [2.05, 4.69) is 0 Å². The fourth-order valence-electron chi connectivity index (χ4n) is 0.841.